The summed E-state index contributed by atoms with van der Waals surface area (Å²) in [7, 11) is -3.60. The highest BCUT2D eigenvalue weighted by Crippen LogP contribution is 2.25. The molecule has 0 saturated heterocycles. The molecule has 0 radical (unpaired) electrons. The summed E-state index contributed by atoms with van der Waals surface area (Å²) in [6.07, 6.45) is 3.03. The fraction of sp³-hybridized carbons (Fsp3) is 0.409. The molecule has 1 atom stereocenters. The maximum Gasteiger partial charge on any atom is 0.241 e. The molecule has 1 unspecified atom stereocenters. The minimum atomic E-state index is -3.60. The maximum atomic E-state index is 12.6. The predicted molar refractivity (Wildman–Crippen MR) is 122 cm³/mol. The third-order valence-corrected chi connectivity index (χ3v) is 6.55. The van der Waals surface area contributed by atoms with Gasteiger partial charge in [0.2, 0.25) is 15.9 Å². The van der Waals surface area contributed by atoms with Gasteiger partial charge in [-0.2, -0.15) is 0 Å². The first-order valence-corrected chi connectivity index (χ1v) is 12.5. The lowest BCUT2D eigenvalue weighted by atomic mass is 9.86. The molecule has 158 valence electrons. The van der Waals surface area contributed by atoms with Crippen molar-refractivity contribution in [3.8, 4) is 0 Å². The second-order valence-corrected chi connectivity index (χ2v) is 10.9. The molecule has 29 heavy (non-hydrogen) atoms. The average Bonchev–Trinajstić information content (AvgIpc) is 2.64. The zero-order valence-electron chi connectivity index (χ0n) is 17.9. The third kappa shape index (κ3) is 6.51. The lowest BCUT2D eigenvalue weighted by Crippen LogP contribution is -2.41. The highest BCUT2D eigenvalue weighted by atomic mass is 32.2. The van der Waals surface area contributed by atoms with E-state index in [4.69, 9.17) is 0 Å². The second-order valence-electron chi connectivity index (χ2n) is 8.13. The van der Waals surface area contributed by atoms with Crippen LogP contribution < -0.4 is 9.62 Å². The van der Waals surface area contributed by atoms with Gasteiger partial charge >= 0.3 is 0 Å². The number of nitrogens with zero attached hydrogens (tertiary/aromatic N) is 1. The van der Waals surface area contributed by atoms with Gasteiger partial charge in [-0.15, -0.1) is 11.8 Å². The molecule has 0 fully saturated rings. The number of sulfonamides is 1. The normalized spacial score (nSPS) is 13.0. The van der Waals surface area contributed by atoms with Crippen LogP contribution in [-0.4, -0.2) is 33.4 Å². The van der Waals surface area contributed by atoms with E-state index in [9.17, 15) is 13.2 Å². The van der Waals surface area contributed by atoms with Crippen molar-refractivity contribution in [1.82, 2.24) is 5.32 Å². The van der Waals surface area contributed by atoms with E-state index in [0.29, 0.717) is 5.69 Å². The van der Waals surface area contributed by atoms with Crippen molar-refractivity contribution < 1.29 is 13.2 Å². The molecule has 1 amide bonds. The first-order valence-electron chi connectivity index (χ1n) is 9.43. The number of carbonyl (C=O) groups is 1. The molecule has 0 bridgehead atoms. The summed E-state index contributed by atoms with van der Waals surface area (Å²) in [6.45, 7) is 8.08. The molecule has 2 aromatic carbocycles. The Balaban J connectivity index is 2.13. The van der Waals surface area contributed by atoms with Crippen LogP contribution in [0.3, 0.4) is 0 Å². The summed E-state index contributed by atoms with van der Waals surface area (Å²) in [5.74, 6) is -0.350. The fourth-order valence-electron chi connectivity index (χ4n) is 2.94. The van der Waals surface area contributed by atoms with Crippen molar-refractivity contribution in [1.29, 1.82) is 0 Å². The van der Waals surface area contributed by atoms with Gasteiger partial charge < -0.3 is 5.32 Å². The molecular weight excluding hydrogens is 404 g/mol. The van der Waals surface area contributed by atoms with Crippen molar-refractivity contribution in [2.45, 2.75) is 44.0 Å². The number of hydrogen-bond acceptors (Lipinski definition) is 4. The van der Waals surface area contributed by atoms with Gasteiger partial charge in [0.1, 0.15) is 6.54 Å². The Morgan fingerprint density at radius 1 is 1.14 bits per heavy atom. The van der Waals surface area contributed by atoms with E-state index in [0.717, 1.165) is 21.0 Å². The Labute approximate surface area is 178 Å². The molecule has 0 aromatic heterocycles. The lowest BCUT2D eigenvalue weighted by Gasteiger charge is -2.24. The molecule has 7 heteroatoms. The van der Waals surface area contributed by atoms with E-state index in [2.05, 4.69) is 38.2 Å². The van der Waals surface area contributed by atoms with Gasteiger partial charge in [0.05, 0.1) is 18.0 Å². The predicted octanol–water partition coefficient (Wildman–Crippen LogP) is 4.35. The van der Waals surface area contributed by atoms with Gasteiger partial charge in [0.25, 0.3) is 0 Å². The molecule has 0 heterocycles. The van der Waals surface area contributed by atoms with Crippen LogP contribution in [0.25, 0.3) is 0 Å². The van der Waals surface area contributed by atoms with Crippen LogP contribution in [0.5, 0.6) is 0 Å². The van der Waals surface area contributed by atoms with E-state index in [1.54, 1.807) is 18.2 Å². The molecule has 0 spiro atoms. The average molecular weight is 435 g/mol. The zero-order valence-corrected chi connectivity index (χ0v) is 19.5. The molecular formula is C22H30N2O3S2. The molecule has 0 aliphatic rings. The van der Waals surface area contributed by atoms with Gasteiger partial charge in [-0.05, 0) is 47.9 Å². The topological polar surface area (TPSA) is 66.5 Å². The van der Waals surface area contributed by atoms with Crippen LogP contribution in [0.2, 0.25) is 0 Å². The number of thioether (sulfide) groups is 1. The van der Waals surface area contributed by atoms with Gasteiger partial charge in [-0.25, -0.2) is 8.42 Å². The molecule has 0 aliphatic heterocycles. The number of anilines is 1. The van der Waals surface area contributed by atoms with Crippen molar-refractivity contribution in [2.75, 3.05) is 23.4 Å². The highest BCUT2D eigenvalue weighted by molar-refractivity contribution is 7.98. The number of carbonyl (C=O) groups excluding carboxylic acids is 1. The van der Waals surface area contributed by atoms with Crippen LogP contribution in [0.4, 0.5) is 5.69 Å². The Bertz CT molecular complexity index is 949. The number of rotatable bonds is 7. The number of benzene rings is 2. The number of nitrogens with one attached hydrogen (secondary N) is 1. The molecule has 2 rings (SSSR count). The lowest BCUT2D eigenvalue weighted by molar-refractivity contribution is -0.120. The number of hydrogen-bond donors (Lipinski definition) is 1. The Morgan fingerprint density at radius 3 is 2.28 bits per heavy atom. The SMILES string of the molecule is CSc1cccc(N(CC(=O)NC(C)c2ccc(C(C)(C)C)cc2)S(C)(=O)=O)c1. The van der Waals surface area contributed by atoms with Gasteiger partial charge in [0.15, 0.2) is 0 Å². The van der Waals surface area contributed by atoms with Gasteiger partial charge in [0, 0.05) is 4.90 Å². The van der Waals surface area contributed by atoms with Crippen molar-refractivity contribution in [2.24, 2.45) is 0 Å². The largest absolute Gasteiger partial charge is 0.348 e. The summed E-state index contributed by atoms with van der Waals surface area (Å²) in [5, 5.41) is 2.91. The summed E-state index contributed by atoms with van der Waals surface area (Å²) in [6, 6.07) is 15.1. The van der Waals surface area contributed by atoms with Crippen molar-refractivity contribution >= 4 is 33.4 Å². The van der Waals surface area contributed by atoms with Crippen LogP contribution in [-0.2, 0) is 20.2 Å². The van der Waals surface area contributed by atoms with E-state index >= 15 is 0 Å². The molecule has 2 aromatic rings. The first kappa shape index (κ1) is 23.3. The fourth-order valence-corrected chi connectivity index (χ4v) is 4.24. The summed E-state index contributed by atoms with van der Waals surface area (Å²) in [4.78, 5) is 13.5. The first-order chi connectivity index (χ1) is 13.4. The summed E-state index contributed by atoms with van der Waals surface area (Å²) in [5.41, 5.74) is 2.74. The Kier molecular flexibility index (Phi) is 7.40. The third-order valence-electron chi connectivity index (χ3n) is 4.68. The summed E-state index contributed by atoms with van der Waals surface area (Å²) < 4.78 is 25.7. The highest BCUT2D eigenvalue weighted by Gasteiger charge is 2.22. The van der Waals surface area contributed by atoms with Crippen LogP contribution in [0.1, 0.15) is 44.9 Å². The molecule has 0 aliphatic carbocycles. The zero-order chi connectivity index (χ0) is 21.8. The van der Waals surface area contributed by atoms with Crippen LogP contribution in [0.15, 0.2) is 53.4 Å². The van der Waals surface area contributed by atoms with E-state index in [1.807, 2.05) is 31.4 Å². The maximum absolute atomic E-state index is 12.6. The minimum Gasteiger partial charge on any atom is -0.348 e. The van der Waals surface area contributed by atoms with E-state index in [1.165, 1.54) is 17.3 Å². The Morgan fingerprint density at radius 2 is 1.76 bits per heavy atom. The Hall–Kier alpha value is -1.99. The van der Waals surface area contributed by atoms with Crippen molar-refractivity contribution in [3.05, 3.63) is 59.7 Å². The van der Waals surface area contributed by atoms with Crippen LogP contribution >= 0.6 is 11.8 Å². The van der Waals surface area contributed by atoms with Crippen molar-refractivity contribution in [3.63, 3.8) is 0 Å². The van der Waals surface area contributed by atoms with E-state index in [-0.39, 0.29) is 23.9 Å². The molecule has 0 saturated carbocycles. The van der Waals surface area contributed by atoms with Crippen LogP contribution in [0, 0.1) is 0 Å². The van der Waals surface area contributed by atoms with Gasteiger partial charge in [-0.3, -0.25) is 9.10 Å². The van der Waals surface area contributed by atoms with E-state index < -0.39 is 10.0 Å². The van der Waals surface area contributed by atoms with Gasteiger partial charge in [-0.1, -0.05) is 51.1 Å². The number of amides is 1. The monoisotopic (exact) mass is 434 g/mol. The summed E-state index contributed by atoms with van der Waals surface area (Å²) >= 11 is 1.52. The second kappa shape index (κ2) is 9.22. The quantitative estimate of drug-likeness (QED) is 0.658. The molecule has 5 nitrogen and oxygen atoms in total. The molecule has 1 N–H and O–H groups in total. The smallest absolute Gasteiger partial charge is 0.241 e. The minimum absolute atomic E-state index is 0.0618. The standard InChI is InChI=1S/C22H30N2O3S2/c1-16(17-10-12-18(13-11-17)22(2,3)4)23-21(25)15-24(29(6,26)27)19-8-7-9-20(14-19)28-5/h7-14,16H,15H2,1-6H3,(H,23,25).